The van der Waals surface area contributed by atoms with Crippen LogP contribution in [0.4, 0.5) is 0 Å². The summed E-state index contributed by atoms with van der Waals surface area (Å²) in [6.45, 7) is 17.3. The molecular weight excluding hydrogens is 332 g/mol. The van der Waals surface area contributed by atoms with Crippen LogP contribution in [0, 0.1) is 24.0 Å². The molecule has 0 heterocycles. The second kappa shape index (κ2) is 16.0. The Balaban J connectivity index is -0.000000281. The van der Waals surface area contributed by atoms with Gasteiger partial charge in [0.15, 0.2) is 0 Å². The van der Waals surface area contributed by atoms with Gasteiger partial charge in [0.05, 0.1) is 0 Å². The first-order chi connectivity index (χ1) is 11.3. The molecule has 0 aromatic heterocycles. The summed E-state index contributed by atoms with van der Waals surface area (Å²) in [6, 6.07) is 0. The third-order valence-electron chi connectivity index (χ3n) is 4.47. The first-order valence-corrected chi connectivity index (χ1v) is 9.08. The summed E-state index contributed by atoms with van der Waals surface area (Å²) < 4.78 is 0. The van der Waals surface area contributed by atoms with Gasteiger partial charge in [-0.05, 0) is 0 Å². The van der Waals surface area contributed by atoms with Crippen LogP contribution in [0.25, 0.3) is 0 Å². The minimum atomic E-state index is 0.560. The van der Waals surface area contributed by atoms with E-state index in [1.54, 1.807) is 20.0 Å². The first-order valence-electron chi connectivity index (χ1n) is 7.98. The van der Waals surface area contributed by atoms with Gasteiger partial charge in [-0.15, -0.1) is 13.8 Å². The SMILES string of the molecule is CC1=[C-]C(C)C(C)=C1C.CC1=[C-]C(C)C(C)=C1C.C[O-].C[O-].[CH2]=[Ti+2]. The molecule has 2 aliphatic rings. The molecular formula is C21H34O2Ti-2. The average Bonchev–Trinajstić information content (AvgIpc) is 2.97. The van der Waals surface area contributed by atoms with E-state index in [0.29, 0.717) is 11.8 Å². The van der Waals surface area contributed by atoms with Gasteiger partial charge in [-0.3, -0.25) is 12.2 Å². The van der Waals surface area contributed by atoms with Gasteiger partial charge in [0.1, 0.15) is 0 Å². The Morgan fingerprint density at radius 2 is 0.875 bits per heavy atom. The van der Waals surface area contributed by atoms with Crippen LogP contribution in [0.2, 0.25) is 0 Å². The van der Waals surface area contributed by atoms with Crippen LogP contribution in [0.15, 0.2) is 33.4 Å². The van der Waals surface area contributed by atoms with Crippen molar-refractivity contribution in [2.45, 2.75) is 55.4 Å². The van der Waals surface area contributed by atoms with Gasteiger partial charge < -0.3 is 10.2 Å². The van der Waals surface area contributed by atoms with Crippen molar-refractivity contribution in [3.05, 3.63) is 45.6 Å². The first kappa shape index (κ1) is 28.3. The molecule has 24 heavy (non-hydrogen) atoms. The molecule has 2 unspecified atom stereocenters. The number of hydrogen-bond donors (Lipinski definition) is 0. The molecule has 0 saturated heterocycles. The van der Waals surface area contributed by atoms with Crippen molar-refractivity contribution < 1.29 is 30.2 Å². The Hall–Kier alpha value is -0.536. The zero-order chi connectivity index (χ0) is 20.0. The van der Waals surface area contributed by atoms with E-state index >= 15 is 0 Å². The summed E-state index contributed by atoms with van der Waals surface area (Å²) >= 11 is 1.75. The fourth-order valence-corrected chi connectivity index (χ4v) is 2.32. The molecule has 3 heteroatoms. The molecule has 0 aromatic rings. The van der Waals surface area contributed by atoms with Gasteiger partial charge in [-0.1, -0.05) is 53.4 Å². The molecule has 0 aromatic carbocycles. The molecule has 2 rings (SSSR count). The summed E-state index contributed by atoms with van der Waals surface area (Å²) in [5.74, 6) is 1.12. The number of hydrogen-bond acceptors (Lipinski definition) is 2. The molecule has 0 N–H and O–H groups in total. The maximum atomic E-state index is 8.25. The molecule has 2 nitrogen and oxygen atoms in total. The van der Waals surface area contributed by atoms with Crippen LogP contribution < -0.4 is 10.2 Å². The number of rotatable bonds is 0. The van der Waals surface area contributed by atoms with Crippen LogP contribution in [0.3, 0.4) is 0 Å². The van der Waals surface area contributed by atoms with Crippen molar-refractivity contribution in [2.75, 3.05) is 14.2 Å². The monoisotopic (exact) mass is 366 g/mol. The normalized spacial score (nSPS) is 21.1. The number of allylic oxidation sites excluding steroid dienone is 8. The van der Waals surface area contributed by atoms with Crippen LogP contribution in [0.1, 0.15) is 55.4 Å². The van der Waals surface area contributed by atoms with Crippen molar-refractivity contribution in [2.24, 2.45) is 11.8 Å². The molecule has 0 aliphatic heterocycles. The Morgan fingerprint density at radius 3 is 0.917 bits per heavy atom. The zero-order valence-corrected chi connectivity index (χ0v) is 18.7. The standard InChI is InChI=1S/2C9H13.2CH3O.CH2.Ti/c2*1-6-5-7(2)9(4)8(6)3;2*1-2;;/h2*6H,1-4H3;2*1H3;1H2;/q4*-1;;+2. The van der Waals surface area contributed by atoms with Gasteiger partial charge >= 0.3 is 24.8 Å². The molecule has 0 spiro atoms. The molecule has 0 saturated carbocycles. The summed E-state index contributed by atoms with van der Waals surface area (Å²) in [5.41, 5.74) is 8.49. The summed E-state index contributed by atoms with van der Waals surface area (Å²) in [6.07, 6.45) is 6.72. The van der Waals surface area contributed by atoms with E-state index < -0.39 is 0 Å². The van der Waals surface area contributed by atoms with Gasteiger partial charge in [-0.25, -0.2) is 11.1 Å². The fraction of sp³-hybridized carbons (Fsp3) is 0.571. The minimum absolute atomic E-state index is 0.560. The molecule has 0 fully saturated rings. The summed E-state index contributed by atoms with van der Waals surface area (Å²) in [5, 5.41) is 16.5. The van der Waals surface area contributed by atoms with Gasteiger partial charge in [0.2, 0.25) is 0 Å². The summed E-state index contributed by atoms with van der Waals surface area (Å²) in [7, 11) is 1.50. The van der Waals surface area contributed by atoms with E-state index in [9.17, 15) is 0 Å². The van der Waals surface area contributed by atoms with Crippen LogP contribution >= 0.6 is 0 Å². The van der Waals surface area contributed by atoms with Crippen LogP contribution in [-0.2, 0) is 20.0 Å². The second-order valence-corrected chi connectivity index (χ2v) is 5.60. The predicted octanol–water partition coefficient (Wildman–Crippen LogP) is 3.36. The van der Waals surface area contributed by atoms with Gasteiger partial charge in [0, 0.05) is 0 Å². The van der Waals surface area contributed by atoms with Gasteiger partial charge in [0.25, 0.3) is 0 Å². The van der Waals surface area contributed by atoms with E-state index in [0.717, 1.165) is 14.2 Å². The van der Waals surface area contributed by atoms with Crippen LogP contribution in [0.5, 0.6) is 0 Å². The quantitative estimate of drug-likeness (QED) is 0.488. The molecule has 0 radical (unpaired) electrons. The Kier molecular flexibility index (Phi) is 18.8. The molecule has 2 atom stereocenters. The van der Waals surface area contributed by atoms with Crippen molar-refractivity contribution in [3.63, 3.8) is 0 Å². The topological polar surface area (TPSA) is 46.1 Å². The van der Waals surface area contributed by atoms with E-state index in [4.69, 9.17) is 10.2 Å². The van der Waals surface area contributed by atoms with Gasteiger partial charge in [-0.2, -0.15) is 36.5 Å². The van der Waals surface area contributed by atoms with E-state index in [-0.39, 0.29) is 0 Å². The molecule has 0 amide bonds. The third-order valence-corrected chi connectivity index (χ3v) is 4.47. The molecule has 0 bridgehead atoms. The van der Waals surface area contributed by atoms with E-state index in [2.05, 4.69) is 72.4 Å². The second-order valence-electron chi connectivity index (χ2n) is 5.60. The summed E-state index contributed by atoms with van der Waals surface area (Å²) in [4.78, 5) is 3.25. The van der Waals surface area contributed by atoms with Crippen molar-refractivity contribution in [3.8, 4) is 0 Å². The predicted molar refractivity (Wildman–Crippen MR) is 98.9 cm³/mol. The maximum absolute atomic E-state index is 8.25. The van der Waals surface area contributed by atoms with Crippen molar-refractivity contribution >= 4 is 4.82 Å². The van der Waals surface area contributed by atoms with Crippen molar-refractivity contribution in [1.29, 1.82) is 0 Å². The Bertz CT molecular complexity index is 438. The van der Waals surface area contributed by atoms with E-state index in [1.807, 2.05) is 0 Å². The third kappa shape index (κ3) is 9.08. The van der Waals surface area contributed by atoms with Crippen molar-refractivity contribution in [1.82, 2.24) is 0 Å². The molecule has 136 valence electrons. The van der Waals surface area contributed by atoms with E-state index in [1.165, 1.54) is 33.4 Å². The zero-order valence-electron chi connectivity index (χ0n) is 17.2. The Labute approximate surface area is 162 Å². The fourth-order valence-electron chi connectivity index (χ4n) is 2.32. The van der Waals surface area contributed by atoms with Crippen LogP contribution in [-0.4, -0.2) is 19.0 Å². The average molecular weight is 366 g/mol. The Morgan fingerprint density at radius 1 is 0.667 bits per heavy atom. The molecule has 2 aliphatic carbocycles.